The first-order valence-corrected chi connectivity index (χ1v) is 12.2. The molecular formula is C12H23Cl2OPPd. The minimum atomic E-state index is -1.24. The average Bonchev–Trinajstić information content (AvgIpc) is 2.41. The third-order valence-corrected chi connectivity index (χ3v) is 6.78. The Kier molecular flexibility index (Phi) is 10.00. The van der Waals surface area contributed by atoms with Gasteiger partial charge in [-0.05, 0) is 25.7 Å². The van der Waals surface area contributed by atoms with Gasteiger partial charge in [0.15, 0.2) is 0 Å². The molecule has 5 heteroatoms. The van der Waals surface area contributed by atoms with E-state index in [0.29, 0.717) is 11.3 Å². The van der Waals surface area contributed by atoms with E-state index in [4.69, 9.17) is 19.1 Å². The van der Waals surface area contributed by atoms with Crippen molar-refractivity contribution < 1.29 is 20.5 Å². The summed E-state index contributed by atoms with van der Waals surface area (Å²) < 4.78 is 12.3. The Morgan fingerprint density at radius 2 is 1.06 bits per heavy atom. The van der Waals surface area contributed by atoms with E-state index in [1.54, 1.807) is 0 Å². The second-order valence-corrected chi connectivity index (χ2v) is 9.92. The molecule has 0 spiro atoms. The van der Waals surface area contributed by atoms with Crippen molar-refractivity contribution in [1.82, 2.24) is 0 Å². The average molecular weight is 392 g/mol. The van der Waals surface area contributed by atoms with Crippen LogP contribution in [0.25, 0.3) is 0 Å². The Morgan fingerprint density at radius 1 is 0.765 bits per heavy atom. The molecular weight excluding hydrogens is 368 g/mol. The van der Waals surface area contributed by atoms with E-state index in [1.165, 1.54) is 64.2 Å². The zero-order chi connectivity index (χ0) is 12.5. The van der Waals surface area contributed by atoms with Gasteiger partial charge in [-0.1, -0.05) is 38.5 Å². The van der Waals surface area contributed by atoms with Gasteiger partial charge in [0.2, 0.25) is 0 Å². The van der Waals surface area contributed by atoms with Gasteiger partial charge in [0.25, 0.3) is 0 Å². The normalized spacial score (nSPS) is 23.5. The first-order valence-electron chi connectivity index (χ1n) is 6.65. The van der Waals surface area contributed by atoms with Crippen molar-refractivity contribution in [1.29, 1.82) is 0 Å². The Morgan fingerprint density at radius 3 is 1.35 bits per heavy atom. The fourth-order valence-corrected chi connectivity index (χ4v) is 5.73. The molecule has 2 fully saturated rings. The molecule has 1 nitrogen and oxygen atoms in total. The molecule has 2 aliphatic carbocycles. The molecule has 0 aromatic carbocycles. The van der Waals surface area contributed by atoms with Crippen LogP contribution in [0, 0.1) is 0 Å². The summed E-state index contributed by atoms with van der Waals surface area (Å²) in [4.78, 5) is 0. The molecule has 2 aliphatic rings. The molecule has 0 unspecified atom stereocenters. The Hall–Kier alpha value is 1.47. The predicted molar refractivity (Wildman–Crippen MR) is 74.5 cm³/mol. The Labute approximate surface area is 122 Å². The topological polar surface area (TPSA) is 17.1 Å². The second-order valence-electron chi connectivity index (χ2n) is 5.12. The van der Waals surface area contributed by atoms with Crippen LogP contribution in [0.1, 0.15) is 64.2 Å². The van der Waals surface area contributed by atoms with Crippen molar-refractivity contribution in [2.45, 2.75) is 75.5 Å². The molecule has 0 bridgehead atoms. The van der Waals surface area contributed by atoms with Crippen molar-refractivity contribution in [3.63, 3.8) is 0 Å². The van der Waals surface area contributed by atoms with E-state index in [9.17, 15) is 4.57 Å². The van der Waals surface area contributed by atoms with Crippen molar-refractivity contribution in [2.75, 3.05) is 0 Å². The van der Waals surface area contributed by atoms with Gasteiger partial charge in [-0.2, -0.15) is 0 Å². The summed E-state index contributed by atoms with van der Waals surface area (Å²) in [7, 11) is 8.39. The molecule has 0 radical (unpaired) electrons. The first kappa shape index (κ1) is 16.5. The van der Waals surface area contributed by atoms with E-state index in [-0.39, 0.29) is 15.9 Å². The zero-order valence-electron chi connectivity index (χ0n) is 10.2. The fraction of sp³-hybridized carbons (Fsp3) is 1.00. The molecule has 17 heavy (non-hydrogen) atoms. The first-order chi connectivity index (χ1) is 8.29. The molecule has 0 aromatic rings. The van der Waals surface area contributed by atoms with Crippen molar-refractivity contribution in [3.8, 4) is 0 Å². The number of hydrogen-bond donors (Lipinski definition) is 0. The van der Waals surface area contributed by atoms with Crippen molar-refractivity contribution >= 4 is 26.9 Å². The summed E-state index contributed by atoms with van der Waals surface area (Å²) in [6.45, 7) is 0. The molecule has 2 saturated carbocycles. The molecule has 106 valence electrons. The zero-order valence-corrected chi connectivity index (χ0v) is 14.3. The standard InChI is InChI=1S/C12H23OP.2ClH.Pd/c13-14(11-7-3-1-4-8-11)12-9-5-2-6-10-12;;;/h11-12,14H,1-10H2;2*1H;/q;;;+2/p-2. The van der Waals surface area contributed by atoms with Gasteiger partial charge >= 0.3 is 35.0 Å². The molecule has 0 aromatic heterocycles. The summed E-state index contributed by atoms with van der Waals surface area (Å²) in [5, 5.41) is 0. The van der Waals surface area contributed by atoms with Crippen LogP contribution in [-0.2, 0) is 20.5 Å². The third kappa shape index (κ3) is 6.45. The number of rotatable bonds is 2. The van der Waals surface area contributed by atoms with Gasteiger partial charge in [-0.25, -0.2) is 0 Å². The van der Waals surface area contributed by atoms with E-state index < -0.39 is 7.80 Å². The third-order valence-electron chi connectivity index (χ3n) is 4.02. The van der Waals surface area contributed by atoms with Crippen LogP contribution in [0.3, 0.4) is 0 Å². The van der Waals surface area contributed by atoms with Gasteiger partial charge < -0.3 is 4.57 Å². The summed E-state index contributed by atoms with van der Waals surface area (Å²) in [6, 6.07) is 0. The van der Waals surface area contributed by atoms with Gasteiger partial charge in [0.05, 0.1) is 7.80 Å². The van der Waals surface area contributed by atoms with Crippen LogP contribution >= 0.6 is 26.9 Å². The SMILES string of the molecule is O=[PH](C1CCCCC1)C1CCCCC1.[Cl][Pd][Cl]. The Bertz CT molecular complexity index is 197. The molecule has 0 atom stereocenters. The summed E-state index contributed by atoms with van der Waals surface area (Å²) in [5.74, 6) is 0. The van der Waals surface area contributed by atoms with Crippen LogP contribution in [-0.4, -0.2) is 11.3 Å². The van der Waals surface area contributed by atoms with E-state index in [2.05, 4.69) is 0 Å². The monoisotopic (exact) mass is 390 g/mol. The summed E-state index contributed by atoms with van der Waals surface area (Å²) in [6.07, 6.45) is 13.2. The minimum absolute atomic E-state index is 0.106. The van der Waals surface area contributed by atoms with Gasteiger partial charge in [-0.15, -0.1) is 0 Å². The van der Waals surface area contributed by atoms with E-state index in [0.717, 1.165) is 0 Å². The van der Waals surface area contributed by atoms with Crippen LogP contribution in [0.4, 0.5) is 0 Å². The predicted octanol–water partition coefficient (Wildman–Crippen LogP) is 5.59. The molecule has 0 amide bonds. The fourth-order valence-electron chi connectivity index (χ4n) is 3.11. The van der Waals surface area contributed by atoms with Crippen molar-refractivity contribution in [2.24, 2.45) is 0 Å². The maximum atomic E-state index is 12.3. The molecule has 0 N–H and O–H groups in total. The van der Waals surface area contributed by atoms with Crippen LogP contribution < -0.4 is 0 Å². The van der Waals surface area contributed by atoms with E-state index >= 15 is 0 Å². The van der Waals surface area contributed by atoms with Gasteiger partial charge in [0.1, 0.15) is 0 Å². The molecule has 0 aliphatic heterocycles. The summed E-state index contributed by atoms with van der Waals surface area (Å²) in [5.41, 5.74) is 1.27. The van der Waals surface area contributed by atoms with Gasteiger partial charge in [0, 0.05) is 11.3 Å². The number of halogens is 2. The van der Waals surface area contributed by atoms with Crippen LogP contribution in [0.2, 0.25) is 0 Å². The molecule has 2 rings (SSSR count). The molecule has 0 saturated heterocycles. The Balaban J connectivity index is 0.000000437. The summed E-state index contributed by atoms with van der Waals surface area (Å²) >= 11 is -0.106. The quantitative estimate of drug-likeness (QED) is 0.443. The van der Waals surface area contributed by atoms with Crippen molar-refractivity contribution in [3.05, 3.63) is 0 Å². The van der Waals surface area contributed by atoms with Crippen LogP contribution in [0.15, 0.2) is 0 Å². The van der Waals surface area contributed by atoms with E-state index in [1.807, 2.05) is 0 Å². The maximum absolute atomic E-state index is 12.3. The number of hydrogen-bond acceptors (Lipinski definition) is 1. The van der Waals surface area contributed by atoms with Gasteiger partial charge in [-0.3, -0.25) is 0 Å². The molecule has 0 heterocycles. The second kappa shape index (κ2) is 10.3. The van der Waals surface area contributed by atoms with Crippen LogP contribution in [0.5, 0.6) is 0 Å².